The summed E-state index contributed by atoms with van der Waals surface area (Å²) in [6.07, 6.45) is 0. The summed E-state index contributed by atoms with van der Waals surface area (Å²) in [5.41, 5.74) is 10.1. The lowest BCUT2D eigenvalue weighted by molar-refractivity contribution is 0.868. The zero-order valence-electron chi connectivity index (χ0n) is 34.0. The number of hydrogen-bond donors (Lipinski definition) is 0. The summed E-state index contributed by atoms with van der Waals surface area (Å²) in [6.45, 7) is 8.93. The van der Waals surface area contributed by atoms with Crippen molar-refractivity contribution in [3.05, 3.63) is 192 Å². The Hall–Kier alpha value is -7.91. The van der Waals surface area contributed by atoms with Crippen molar-refractivity contribution >= 4 is 77.2 Å². The largest absolute Gasteiger partial charge is 0.310 e. The van der Waals surface area contributed by atoms with Gasteiger partial charge >= 0.3 is 0 Å². The van der Waals surface area contributed by atoms with E-state index in [2.05, 4.69) is 147 Å². The molecular formula is C55H41N5. The first kappa shape index (κ1) is 37.7. The lowest BCUT2D eigenvalue weighted by atomic mass is 9.89. The van der Waals surface area contributed by atoms with Gasteiger partial charge in [-0.05, 0) is 152 Å². The summed E-state index contributed by atoms with van der Waals surface area (Å²) in [7, 11) is 0. The Bertz CT molecular complexity index is 3170. The van der Waals surface area contributed by atoms with E-state index in [9.17, 15) is 15.8 Å². The standard InChI is InChI=1S/C55H41N5/c1-35(2)41-16-24-49-51(28-41)48-25-26-50-52(29-43(36(3)4)30-54(50)59(44-17-9-37(32-56)10-18-44)45-19-11-38(33-57)12-20-45)53(48)31-55(49)60(46-21-13-39(34-58)14-22-46)47-23-15-40-7-5-6-8-42(40)27-47/h5-31,35-36H,1-4H3. The highest BCUT2D eigenvalue weighted by Gasteiger charge is 2.23. The average Bonchev–Trinajstić information content (AvgIpc) is 3.29. The van der Waals surface area contributed by atoms with Crippen molar-refractivity contribution in [1.82, 2.24) is 0 Å². The summed E-state index contributed by atoms with van der Waals surface area (Å²) < 4.78 is 0. The van der Waals surface area contributed by atoms with Gasteiger partial charge in [-0.3, -0.25) is 0 Å². The van der Waals surface area contributed by atoms with Crippen LogP contribution in [0.15, 0.2) is 164 Å². The van der Waals surface area contributed by atoms with Gasteiger partial charge in [-0.15, -0.1) is 0 Å². The molecule has 9 rings (SSSR count). The minimum absolute atomic E-state index is 0.215. The fraction of sp³-hybridized carbons (Fsp3) is 0.109. The van der Waals surface area contributed by atoms with Gasteiger partial charge in [-0.1, -0.05) is 94.4 Å². The number of hydrogen-bond acceptors (Lipinski definition) is 5. The van der Waals surface area contributed by atoms with Crippen LogP contribution < -0.4 is 9.80 Å². The smallest absolute Gasteiger partial charge is 0.0991 e. The van der Waals surface area contributed by atoms with E-state index < -0.39 is 0 Å². The van der Waals surface area contributed by atoms with E-state index in [1.165, 1.54) is 21.9 Å². The number of fused-ring (bicyclic) bond motifs is 6. The molecule has 0 aromatic heterocycles. The molecule has 0 saturated heterocycles. The molecule has 0 atom stereocenters. The lowest BCUT2D eigenvalue weighted by Gasteiger charge is -2.30. The van der Waals surface area contributed by atoms with Crippen LogP contribution in [0.25, 0.3) is 43.1 Å². The van der Waals surface area contributed by atoms with Crippen LogP contribution in [0.3, 0.4) is 0 Å². The van der Waals surface area contributed by atoms with Crippen LogP contribution in [0.1, 0.15) is 67.3 Å². The number of nitriles is 3. The second-order valence-corrected chi connectivity index (χ2v) is 16.0. The van der Waals surface area contributed by atoms with Crippen LogP contribution in [-0.4, -0.2) is 0 Å². The third kappa shape index (κ3) is 6.71. The van der Waals surface area contributed by atoms with E-state index in [-0.39, 0.29) is 5.92 Å². The van der Waals surface area contributed by atoms with Crippen molar-refractivity contribution in [3.8, 4) is 18.2 Å². The first-order valence-corrected chi connectivity index (χ1v) is 20.3. The fourth-order valence-electron chi connectivity index (χ4n) is 8.36. The van der Waals surface area contributed by atoms with Crippen molar-refractivity contribution in [1.29, 1.82) is 15.8 Å². The van der Waals surface area contributed by atoms with E-state index in [1.807, 2.05) is 72.8 Å². The number of nitrogens with zero attached hydrogens (tertiary/aromatic N) is 5. The summed E-state index contributed by atoms with van der Waals surface area (Å²) >= 11 is 0. The highest BCUT2D eigenvalue weighted by atomic mass is 15.1. The number of benzene rings is 9. The third-order valence-electron chi connectivity index (χ3n) is 11.6. The highest BCUT2D eigenvalue weighted by Crippen LogP contribution is 2.48. The molecule has 0 radical (unpaired) electrons. The van der Waals surface area contributed by atoms with Gasteiger partial charge in [-0.2, -0.15) is 15.8 Å². The van der Waals surface area contributed by atoms with E-state index in [0.29, 0.717) is 22.6 Å². The highest BCUT2D eigenvalue weighted by molar-refractivity contribution is 6.23. The third-order valence-corrected chi connectivity index (χ3v) is 11.6. The zero-order chi connectivity index (χ0) is 41.5. The maximum atomic E-state index is 9.77. The molecule has 0 amide bonds. The van der Waals surface area contributed by atoms with Gasteiger partial charge in [0.05, 0.1) is 46.3 Å². The first-order valence-electron chi connectivity index (χ1n) is 20.3. The minimum atomic E-state index is 0.215. The summed E-state index contributed by atoms with van der Waals surface area (Å²) in [6, 6.07) is 63.5. The van der Waals surface area contributed by atoms with Crippen molar-refractivity contribution in [2.45, 2.75) is 39.5 Å². The van der Waals surface area contributed by atoms with Crippen LogP contribution in [0.2, 0.25) is 0 Å². The van der Waals surface area contributed by atoms with Crippen LogP contribution >= 0.6 is 0 Å². The number of anilines is 6. The zero-order valence-corrected chi connectivity index (χ0v) is 34.0. The summed E-state index contributed by atoms with van der Waals surface area (Å²) in [5.74, 6) is 0.545. The molecule has 286 valence electrons. The Morgan fingerprint density at radius 2 is 0.767 bits per heavy atom. The van der Waals surface area contributed by atoms with Crippen molar-refractivity contribution in [2.75, 3.05) is 9.80 Å². The topological polar surface area (TPSA) is 77.8 Å². The first-order chi connectivity index (χ1) is 29.2. The van der Waals surface area contributed by atoms with Gasteiger partial charge in [0.15, 0.2) is 0 Å². The van der Waals surface area contributed by atoms with Gasteiger partial charge in [0.2, 0.25) is 0 Å². The Morgan fingerprint density at radius 3 is 1.30 bits per heavy atom. The average molecular weight is 772 g/mol. The van der Waals surface area contributed by atoms with Gasteiger partial charge < -0.3 is 9.80 Å². The van der Waals surface area contributed by atoms with Gasteiger partial charge in [0, 0.05) is 33.5 Å². The van der Waals surface area contributed by atoms with E-state index in [0.717, 1.165) is 66.4 Å². The molecule has 0 aliphatic carbocycles. The van der Waals surface area contributed by atoms with Gasteiger partial charge in [0.25, 0.3) is 0 Å². The maximum absolute atomic E-state index is 9.77. The normalized spacial score (nSPS) is 11.2. The van der Waals surface area contributed by atoms with E-state index in [1.54, 1.807) is 0 Å². The Labute approximate surface area is 350 Å². The monoisotopic (exact) mass is 771 g/mol. The van der Waals surface area contributed by atoms with Crippen LogP contribution in [0, 0.1) is 34.0 Å². The van der Waals surface area contributed by atoms with E-state index in [4.69, 9.17) is 0 Å². The molecule has 9 aromatic rings. The molecule has 0 fully saturated rings. The van der Waals surface area contributed by atoms with Gasteiger partial charge in [-0.25, -0.2) is 0 Å². The second kappa shape index (κ2) is 15.4. The molecule has 5 heteroatoms. The van der Waals surface area contributed by atoms with Crippen molar-refractivity contribution < 1.29 is 0 Å². The van der Waals surface area contributed by atoms with E-state index >= 15 is 0 Å². The number of rotatable bonds is 8. The van der Waals surface area contributed by atoms with Crippen molar-refractivity contribution in [2.24, 2.45) is 0 Å². The molecule has 0 unspecified atom stereocenters. The Kier molecular flexibility index (Phi) is 9.70. The molecule has 0 N–H and O–H groups in total. The maximum Gasteiger partial charge on any atom is 0.0991 e. The summed E-state index contributed by atoms with van der Waals surface area (Å²) in [5, 5.41) is 38.2. The Morgan fingerprint density at radius 1 is 0.350 bits per heavy atom. The molecular weight excluding hydrogens is 731 g/mol. The Balaban J connectivity index is 1.40. The van der Waals surface area contributed by atoms with Crippen LogP contribution in [0.4, 0.5) is 34.1 Å². The molecule has 60 heavy (non-hydrogen) atoms. The van der Waals surface area contributed by atoms with Crippen LogP contribution in [0.5, 0.6) is 0 Å². The summed E-state index contributed by atoms with van der Waals surface area (Å²) in [4.78, 5) is 4.57. The van der Waals surface area contributed by atoms with Crippen molar-refractivity contribution in [3.63, 3.8) is 0 Å². The van der Waals surface area contributed by atoms with Gasteiger partial charge in [0.1, 0.15) is 0 Å². The SMILES string of the molecule is CC(C)c1ccc2c(N(c3ccc(C#N)cc3)c3ccc4ccccc4c3)cc3c4cc(C(C)C)cc(N(c5ccc(C#N)cc5)c5ccc(C#N)cc5)c4ccc3c2c1. The predicted molar refractivity (Wildman–Crippen MR) is 248 cm³/mol. The van der Waals surface area contributed by atoms with Crippen LogP contribution in [-0.2, 0) is 0 Å². The minimum Gasteiger partial charge on any atom is -0.310 e. The molecule has 0 aliphatic rings. The molecule has 0 heterocycles. The molecule has 5 nitrogen and oxygen atoms in total. The molecule has 9 aromatic carbocycles. The fourth-order valence-corrected chi connectivity index (χ4v) is 8.36. The molecule has 0 bridgehead atoms. The second-order valence-electron chi connectivity index (χ2n) is 16.0. The predicted octanol–water partition coefficient (Wildman–Crippen LogP) is 15.1. The quantitative estimate of drug-likeness (QED) is 0.144. The molecule has 0 saturated carbocycles. The molecule has 0 spiro atoms. The molecule has 0 aliphatic heterocycles. The lowest BCUT2D eigenvalue weighted by Crippen LogP contribution is -2.12.